The van der Waals surface area contributed by atoms with Crippen molar-refractivity contribution < 1.29 is 9.53 Å². The first-order chi connectivity index (χ1) is 9.13. The highest BCUT2D eigenvalue weighted by Crippen LogP contribution is 2.24. The second-order valence-electron chi connectivity index (χ2n) is 5.77. The molecule has 2 heterocycles. The highest BCUT2D eigenvalue weighted by molar-refractivity contribution is 5.81. The van der Waals surface area contributed by atoms with Crippen LogP contribution in [0, 0.1) is 0 Å². The Kier molecular flexibility index (Phi) is 5.19. The summed E-state index contributed by atoms with van der Waals surface area (Å²) in [4.78, 5) is 16.4. The Bertz CT molecular complexity index is 309. The van der Waals surface area contributed by atoms with E-state index in [1.54, 1.807) is 4.90 Å². The number of hydrogen-bond acceptors (Lipinski definition) is 4. The van der Waals surface area contributed by atoms with Crippen LogP contribution < -0.4 is 5.32 Å². The molecule has 0 saturated carbocycles. The maximum absolute atomic E-state index is 12.3. The van der Waals surface area contributed by atoms with Crippen LogP contribution in [0.15, 0.2) is 0 Å². The maximum Gasteiger partial charge on any atom is 0.240 e. The van der Waals surface area contributed by atoms with Crippen molar-refractivity contribution in [2.24, 2.45) is 0 Å². The molecule has 0 aromatic rings. The fourth-order valence-corrected chi connectivity index (χ4v) is 3.13. The Hall–Kier alpha value is -0.650. The fraction of sp³-hybridized carbons (Fsp3) is 0.929. The van der Waals surface area contributed by atoms with Gasteiger partial charge < -0.3 is 15.0 Å². The largest absolute Gasteiger partial charge is 0.378 e. The molecule has 0 aliphatic carbocycles. The van der Waals surface area contributed by atoms with E-state index < -0.39 is 0 Å². The van der Waals surface area contributed by atoms with E-state index in [1.807, 2.05) is 14.1 Å². The van der Waals surface area contributed by atoms with E-state index in [0.29, 0.717) is 12.1 Å². The third-order valence-electron chi connectivity index (χ3n) is 4.27. The summed E-state index contributed by atoms with van der Waals surface area (Å²) in [5, 5.41) is 3.34. The molecule has 0 aromatic carbocycles. The Morgan fingerprint density at radius 2 is 2.26 bits per heavy atom. The SMILES string of the molecule is CCC1CC(N2CCNCC2C(=O)N(C)C)CCO1. The molecule has 0 spiro atoms. The monoisotopic (exact) mass is 269 g/mol. The van der Waals surface area contributed by atoms with Gasteiger partial charge in [0.2, 0.25) is 5.91 Å². The summed E-state index contributed by atoms with van der Waals surface area (Å²) < 4.78 is 5.75. The Morgan fingerprint density at radius 3 is 2.95 bits per heavy atom. The van der Waals surface area contributed by atoms with Gasteiger partial charge in [0.25, 0.3) is 0 Å². The average Bonchev–Trinajstić information content (AvgIpc) is 2.46. The van der Waals surface area contributed by atoms with Gasteiger partial charge in [0.15, 0.2) is 0 Å². The molecule has 0 bridgehead atoms. The van der Waals surface area contributed by atoms with E-state index in [0.717, 1.165) is 45.5 Å². The van der Waals surface area contributed by atoms with Gasteiger partial charge in [-0.15, -0.1) is 0 Å². The maximum atomic E-state index is 12.3. The lowest BCUT2D eigenvalue weighted by molar-refractivity contribution is -0.138. The number of hydrogen-bond donors (Lipinski definition) is 1. The molecule has 2 rings (SSSR count). The zero-order chi connectivity index (χ0) is 13.8. The van der Waals surface area contributed by atoms with Crippen LogP contribution in [0.5, 0.6) is 0 Å². The zero-order valence-corrected chi connectivity index (χ0v) is 12.4. The highest BCUT2D eigenvalue weighted by atomic mass is 16.5. The molecule has 5 nitrogen and oxygen atoms in total. The second kappa shape index (κ2) is 6.68. The number of carbonyl (C=O) groups excluding carboxylic acids is 1. The van der Waals surface area contributed by atoms with Gasteiger partial charge in [-0.3, -0.25) is 9.69 Å². The number of likely N-dealkylation sites (N-methyl/N-ethyl adjacent to an activating group) is 1. The summed E-state index contributed by atoms with van der Waals surface area (Å²) in [6, 6.07) is 0.485. The number of nitrogens with one attached hydrogen (secondary N) is 1. The van der Waals surface area contributed by atoms with Crippen molar-refractivity contribution in [3.63, 3.8) is 0 Å². The average molecular weight is 269 g/mol. The van der Waals surface area contributed by atoms with Crippen molar-refractivity contribution in [3.05, 3.63) is 0 Å². The van der Waals surface area contributed by atoms with E-state index in [-0.39, 0.29) is 11.9 Å². The fourth-order valence-electron chi connectivity index (χ4n) is 3.13. The molecule has 2 saturated heterocycles. The number of amides is 1. The van der Waals surface area contributed by atoms with Crippen molar-refractivity contribution in [1.29, 1.82) is 0 Å². The summed E-state index contributed by atoms with van der Waals surface area (Å²) in [6.07, 6.45) is 3.54. The van der Waals surface area contributed by atoms with E-state index >= 15 is 0 Å². The minimum absolute atomic E-state index is 0.00986. The Morgan fingerprint density at radius 1 is 1.47 bits per heavy atom. The summed E-state index contributed by atoms with van der Waals surface area (Å²) in [5.41, 5.74) is 0. The number of nitrogens with zero attached hydrogens (tertiary/aromatic N) is 2. The van der Waals surface area contributed by atoms with Crippen molar-refractivity contribution in [2.75, 3.05) is 40.3 Å². The summed E-state index contributed by atoms with van der Waals surface area (Å²) in [6.45, 7) is 5.71. The minimum atomic E-state index is -0.00986. The van der Waals surface area contributed by atoms with Crippen LogP contribution in [0.2, 0.25) is 0 Å². The van der Waals surface area contributed by atoms with Crippen LogP contribution in [0.1, 0.15) is 26.2 Å². The van der Waals surface area contributed by atoms with Crippen LogP contribution >= 0.6 is 0 Å². The molecule has 1 amide bonds. The molecular weight excluding hydrogens is 242 g/mol. The number of piperazine rings is 1. The molecule has 110 valence electrons. The Labute approximate surface area is 116 Å². The van der Waals surface area contributed by atoms with Crippen molar-refractivity contribution in [1.82, 2.24) is 15.1 Å². The third-order valence-corrected chi connectivity index (χ3v) is 4.27. The van der Waals surface area contributed by atoms with Gasteiger partial charge in [-0.05, 0) is 19.3 Å². The van der Waals surface area contributed by atoms with Gasteiger partial charge >= 0.3 is 0 Å². The predicted molar refractivity (Wildman–Crippen MR) is 75.1 cm³/mol. The lowest BCUT2D eigenvalue weighted by atomic mass is 9.97. The standard InChI is InChI=1S/C14H27N3O2/c1-4-12-9-11(5-8-19-12)17-7-6-15-10-13(17)14(18)16(2)3/h11-13,15H,4-10H2,1-3H3. The lowest BCUT2D eigenvalue weighted by Crippen LogP contribution is -2.61. The predicted octanol–water partition coefficient (Wildman–Crippen LogP) is 0.306. The highest BCUT2D eigenvalue weighted by Gasteiger charge is 2.36. The first kappa shape index (κ1) is 14.8. The molecular formula is C14H27N3O2. The smallest absolute Gasteiger partial charge is 0.240 e. The molecule has 19 heavy (non-hydrogen) atoms. The first-order valence-corrected chi connectivity index (χ1v) is 7.42. The van der Waals surface area contributed by atoms with Crippen LogP contribution in [-0.2, 0) is 9.53 Å². The van der Waals surface area contributed by atoms with E-state index in [2.05, 4.69) is 17.1 Å². The van der Waals surface area contributed by atoms with Gasteiger partial charge in [0, 0.05) is 46.4 Å². The van der Waals surface area contributed by atoms with Crippen LogP contribution in [-0.4, -0.2) is 74.2 Å². The Balaban J connectivity index is 2.04. The normalized spacial score (nSPS) is 33.1. The number of carbonyl (C=O) groups is 1. The molecule has 0 aromatic heterocycles. The third kappa shape index (κ3) is 3.46. The number of rotatable bonds is 3. The minimum Gasteiger partial charge on any atom is -0.378 e. The summed E-state index contributed by atoms with van der Waals surface area (Å²) in [5.74, 6) is 0.215. The molecule has 0 radical (unpaired) electrons. The van der Waals surface area contributed by atoms with E-state index in [4.69, 9.17) is 4.74 Å². The molecule has 5 heteroatoms. The second-order valence-corrected chi connectivity index (χ2v) is 5.77. The quantitative estimate of drug-likeness (QED) is 0.801. The van der Waals surface area contributed by atoms with Crippen molar-refractivity contribution in [2.45, 2.75) is 44.4 Å². The van der Waals surface area contributed by atoms with Gasteiger partial charge in [-0.2, -0.15) is 0 Å². The van der Waals surface area contributed by atoms with Crippen molar-refractivity contribution >= 4 is 5.91 Å². The molecule has 2 aliphatic heterocycles. The van der Waals surface area contributed by atoms with E-state index in [9.17, 15) is 4.79 Å². The molecule has 2 aliphatic rings. The number of ether oxygens (including phenoxy) is 1. The molecule has 1 N–H and O–H groups in total. The lowest BCUT2D eigenvalue weighted by Gasteiger charge is -2.44. The van der Waals surface area contributed by atoms with Gasteiger partial charge in [0.05, 0.1) is 6.10 Å². The molecule has 2 fully saturated rings. The zero-order valence-electron chi connectivity index (χ0n) is 12.4. The van der Waals surface area contributed by atoms with Crippen LogP contribution in [0.3, 0.4) is 0 Å². The summed E-state index contributed by atoms with van der Waals surface area (Å²) in [7, 11) is 3.68. The van der Waals surface area contributed by atoms with Crippen LogP contribution in [0.25, 0.3) is 0 Å². The molecule has 3 atom stereocenters. The molecule has 3 unspecified atom stereocenters. The van der Waals surface area contributed by atoms with Gasteiger partial charge in [-0.1, -0.05) is 6.92 Å². The topological polar surface area (TPSA) is 44.8 Å². The first-order valence-electron chi connectivity index (χ1n) is 7.42. The van der Waals surface area contributed by atoms with Gasteiger partial charge in [-0.25, -0.2) is 0 Å². The van der Waals surface area contributed by atoms with Gasteiger partial charge in [0.1, 0.15) is 6.04 Å². The van der Waals surface area contributed by atoms with E-state index in [1.165, 1.54) is 0 Å². The summed E-state index contributed by atoms with van der Waals surface area (Å²) >= 11 is 0. The van der Waals surface area contributed by atoms with Crippen molar-refractivity contribution in [3.8, 4) is 0 Å². The van der Waals surface area contributed by atoms with Crippen LogP contribution in [0.4, 0.5) is 0 Å².